The zero-order valence-electron chi connectivity index (χ0n) is 9.90. The van der Waals surface area contributed by atoms with E-state index in [0.717, 1.165) is 0 Å². The van der Waals surface area contributed by atoms with Gasteiger partial charge < -0.3 is 13.9 Å². The molecule has 2 aromatic rings. The molecule has 0 aliphatic heterocycles. The van der Waals surface area contributed by atoms with Gasteiger partial charge in [0, 0.05) is 11.1 Å². The van der Waals surface area contributed by atoms with Crippen LogP contribution in [0.5, 0.6) is 11.5 Å². The van der Waals surface area contributed by atoms with Gasteiger partial charge in [-0.3, -0.25) is 4.79 Å². The lowest BCUT2D eigenvalue weighted by atomic mass is 10.1. The number of rotatable bonds is 4. The zero-order chi connectivity index (χ0) is 13.1. The molecule has 0 saturated carbocycles. The van der Waals surface area contributed by atoms with Crippen LogP contribution >= 0.6 is 11.6 Å². The Balaban J connectivity index is 2.65. The predicted octanol–water partition coefficient (Wildman–Crippen LogP) is 3.43. The van der Waals surface area contributed by atoms with Crippen LogP contribution in [0.15, 0.2) is 28.9 Å². The highest BCUT2D eigenvalue weighted by molar-refractivity contribution is 6.34. The van der Waals surface area contributed by atoms with E-state index in [0.29, 0.717) is 33.9 Å². The van der Waals surface area contributed by atoms with Crippen molar-refractivity contribution in [1.29, 1.82) is 0 Å². The van der Waals surface area contributed by atoms with Gasteiger partial charge in [0.1, 0.15) is 16.5 Å². The number of furan rings is 1. The highest BCUT2D eigenvalue weighted by Crippen LogP contribution is 2.42. The first kappa shape index (κ1) is 12.5. The molecule has 0 atom stereocenters. The minimum atomic E-state index is 0.231. The second-order valence-electron chi connectivity index (χ2n) is 3.48. The quantitative estimate of drug-likeness (QED) is 0.796. The van der Waals surface area contributed by atoms with Crippen molar-refractivity contribution in [2.45, 2.75) is 0 Å². The average molecular weight is 267 g/mol. The number of hydrogen-bond donors (Lipinski definition) is 0. The lowest BCUT2D eigenvalue weighted by Crippen LogP contribution is -1.93. The van der Waals surface area contributed by atoms with E-state index in [-0.39, 0.29) is 5.76 Å². The number of halogens is 1. The summed E-state index contributed by atoms with van der Waals surface area (Å²) in [5, 5.41) is 0.357. The molecule has 5 heteroatoms. The van der Waals surface area contributed by atoms with E-state index in [1.165, 1.54) is 20.5 Å². The molecule has 94 valence electrons. The van der Waals surface area contributed by atoms with Gasteiger partial charge in [-0.1, -0.05) is 11.6 Å². The standard InChI is InChI=1S/C13H11ClO4/c1-16-10-4-3-9(13(17-2)12(10)14)8-5-6-18-11(8)7-15/h3-7H,1-2H3. The summed E-state index contributed by atoms with van der Waals surface area (Å²) in [4.78, 5) is 10.9. The van der Waals surface area contributed by atoms with Crippen LogP contribution in [0.1, 0.15) is 10.6 Å². The first-order valence-electron chi connectivity index (χ1n) is 5.16. The Morgan fingerprint density at radius 1 is 1.17 bits per heavy atom. The maximum absolute atomic E-state index is 10.9. The minimum Gasteiger partial charge on any atom is -0.495 e. The molecule has 0 N–H and O–H groups in total. The number of benzene rings is 1. The molecule has 0 spiro atoms. The summed E-state index contributed by atoms with van der Waals surface area (Å²) in [6.45, 7) is 0. The minimum absolute atomic E-state index is 0.231. The van der Waals surface area contributed by atoms with Gasteiger partial charge >= 0.3 is 0 Å². The first-order valence-corrected chi connectivity index (χ1v) is 5.54. The molecule has 18 heavy (non-hydrogen) atoms. The van der Waals surface area contributed by atoms with Crippen LogP contribution in [-0.2, 0) is 0 Å². The molecular weight excluding hydrogens is 256 g/mol. The van der Waals surface area contributed by atoms with Crippen LogP contribution in [0.25, 0.3) is 11.1 Å². The number of carbonyl (C=O) groups is 1. The van der Waals surface area contributed by atoms with Crippen molar-refractivity contribution in [1.82, 2.24) is 0 Å². The Morgan fingerprint density at radius 2 is 1.94 bits per heavy atom. The van der Waals surface area contributed by atoms with E-state index >= 15 is 0 Å². The van der Waals surface area contributed by atoms with E-state index in [2.05, 4.69) is 0 Å². The summed E-state index contributed by atoms with van der Waals surface area (Å²) >= 11 is 6.16. The molecule has 1 aromatic heterocycles. The van der Waals surface area contributed by atoms with Crippen LogP contribution in [0.4, 0.5) is 0 Å². The van der Waals surface area contributed by atoms with Gasteiger partial charge in [-0.15, -0.1) is 0 Å². The van der Waals surface area contributed by atoms with Crippen molar-refractivity contribution in [3.63, 3.8) is 0 Å². The van der Waals surface area contributed by atoms with Gasteiger partial charge in [-0.2, -0.15) is 0 Å². The summed E-state index contributed by atoms with van der Waals surface area (Å²) in [5.41, 5.74) is 1.31. The SMILES string of the molecule is COc1ccc(-c2ccoc2C=O)c(OC)c1Cl. The third-order valence-electron chi connectivity index (χ3n) is 2.58. The van der Waals surface area contributed by atoms with E-state index in [1.54, 1.807) is 18.2 Å². The third kappa shape index (κ3) is 1.95. The van der Waals surface area contributed by atoms with Crippen LogP contribution in [0, 0.1) is 0 Å². The normalized spacial score (nSPS) is 10.2. The maximum atomic E-state index is 10.9. The Hall–Kier alpha value is -1.94. The van der Waals surface area contributed by atoms with Crippen LogP contribution in [0.3, 0.4) is 0 Å². The smallest absolute Gasteiger partial charge is 0.185 e. The molecule has 1 aromatic carbocycles. The van der Waals surface area contributed by atoms with Crippen molar-refractivity contribution < 1.29 is 18.7 Å². The summed E-state index contributed by atoms with van der Waals surface area (Å²) in [6.07, 6.45) is 2.09. The first-order chi connectivity index (χ1) is 8.72. The van der Waals surface area contributed by atoms with Gasteiger partial charge in [0.15, 0.2) is 12.0 Å². The molecule has 1 heterocycles. The largest absolute Gasteiger partial charge is 0.495 e. The third-order valence-corrected chi connectivity index (χ3v) is 2.94. The van der Waals surface area contributed by atoms with Crippen molar-refractivity contribution in [3.05, 3.63) is 35.2 Å². The van der Waals surface area contributed by atoms with E-state index < -0.39 is 0 Å². The van der Waals surface area contributed by atoms with Crippen molar-refractivity contribution >= 4 is 17.9 Å². The Kier molecular flexibility index (Phi) is 3.58. The Morgan fingerprint density at radius 3 is 2.56 bits per heavy atom. The predicted molar refractivity (Wildman–Crippen MR) is 67.6 cm³/mol. The van der Waals surface area contributed by atoms with Crippen LogP contribution in [-0.4, -0.2) is 20.5 Å². The lowest BCUT2D eigenvalue weighted by molar-refractivity contribution is 0.110. The number of ether oxygens (including phenoxy) is 2. The molecule has 2 rings (SSSR count). The molecule has 0 saturated heterocycles. The molecule has 0 fully saturated rings. The number of carbonyl (C=O) groups excluding carboxylic acids is 1. The summed E-state index contributed by atoms with van der Waals surface area (Å²) < 4.78 is 15.5. The Labute approximate surface area is 109 Å². The van der Waals surface area contributed by atoms with Crippen LogP contribution < -0.4 is 9.47 Å². The number of hydrogen-bond acceptors (Lipinski definition) is 4. The highest BCUT2D eigenvalue weighted by Gasteiger charge is 2.18. The van der Waals surface area contributed by atoms with Gasteiger partial charge in [0.25, 0.3) is 0 Å². The topological polar surface area (TPSA) is 48.7 Å². The summed E-state index contributed by atoms with van der Waals surface area (Å²) in [6, 6.07) is 5.16. The molecule has 0 radical (unpaired) electrons. The fraction of sp³-hybridized carbons (Fsp3) is 0.154. The summed E-state index contributed by atoms with van der Waals surface area (Å²) in [7, 11) is 3.03. The zero-order valence-corrected chi connectivity index (χ0v) is 10.7. The fourth-order valence-electron chi connectivity index (χ4n) is 1.74. The van der Waals surface area contributed by atoms with Crippen molar-refractivity contribution in [2.75, 3.05) is 14.2 Å². The van der Waals surface area contributed by atoms with Crippen molar-refractivity contribution in [2.24, 2.45) is 0 Å². The number of methoxy groups -OCH3 is 2. The molecule has 4 nitrogen and oxygen atoms in total. The van der Waals surface area contributed by atoms with Gasteiger partial charge in [-0.05, 0) is 18.2 Å². The fourth-order valence-corrected chi connectivity index (χ4v) is 2.06. The van der Waals surface area contributed by atoms with Crippen LogP contribution in [0.2, 0.25) is 5.02 Å². The van der Waals surface area contributed by atoms with E-state index in [1.807, 2.05) is 0 Å². The number of aldehydes is 1. The average Bonchev–Trinajstić information content (AvgIpc) is 2.86. The van der Waals surface area contributed by atoms with Gasteiger partial charge in [0.2, 0.25) is 0 Å². The monoisotopic (exact) mass is 266 g/mol. The molecule has 0 aliphatic carbocycles. The van der Waals surface area contributed by atoms with E-state index in [4.69, 9.17) is 25.5 Å². The second kappa shape index (κ2) is 5.14. The highest BCUT2D eigenvalue weighted by atomic mass is 35.5. The lowest BCUT2D eigenvalue weighted by Gasteiger charge is -2.12. The molecule has 0 bridgehead atoms. The maximum Gasteiger partial charge on any atom is 0.185 e. The van der Waals surface area contributed by atoms with Gasteiger partial charge in [0.05, 0.1) is 20.5 Å². The molecule has 0 amide bonds. The van der Waals surface area contributed by atoms with E-state index in [9.17, 15) is 4.79 Å². The molecule has 0 unspecified atom stereocenters. The molecule has 0 aliphatic rings. The second-order valence-corrected chi connectivity index (χ2v) is 3.86. The molecular formula is C13H11ClO4. The van der Waals surface area contributed by atoms with Crippen molar-refractivity contribution in [3.8, 4) is 22.6 Å². The van der Waals surface area contributed by atoms with Gasteiger partial charge in [-0.25, -0.2) is 0 Å². The summed E-state index contributed by atoms with van der Waals surface area (Å²) in [5.74, 6) is 1.18. The Bertz CT molecular complexity index is 574.